The molecule has 1 saturated carbocycles. The molecule has 0 radical (unpaired) electrons. The average Bonchev–Trinajstić information content (AvgIpc) is 2.16. The summed E-state index contributed by atoms with van der Waals surface area (Å²) in [4.78, 5) is 0. The minimum atomic E-state index is -3.06. The van der Waals surface area contributed by atoms with Crippen LogP contribution in [0.2, 0.25) is 0 Å². The molecular weight excluding hydrogens is 234 g/mol. The average molecular weight is 254 g/mol. The Hall–Kier alpha value is 0.200. The van der Waals surface area contributed by atoms with E-state index in [1.165, 1.54) is 12.8 Å². The molecule has 2 atom stereocenters. The van der Waals surface area contributed by atoms with Gasteiger partial charge in [-0.15, -0.1) is 11.6 Å². The van der Waals surface area contributed by atoms with Crippen LogP contribution in [-0.4, -0.2) is 26.1 Å². The van der Waals surface area contributed by atoms with Crippen LogP contribution in [0.15, 0.2) is 0 Å². The summed E-state index contributed by atoms with van der Waals surface area (Å²) in [6.07, 6.45) is 5.06. The van der Waals surface area contributed by atoms with Gasteiger partial charge in [-0.05, 0) is 25.2 Å². The number of hydrogen-bond acceptors (Lipinski definition) is 2. The summed E-state index contributed by atoms with van der Waals surface area (Å²) < 4.78 is 25.5. The van der Waals surface area contributed by atoms with E-state index in [9.17, 15) is 8.42 Å². The molecule has 0 spiro atoms. The SMILES string of the molecule is CCCS(=O)(=O)NCC1CCCCC1Cl. The van der Waals surface area contributed by atoms with Gasteiger partial charge in [0.15, 0.2) is 0 Å². The van der Waals surface area contributed by atoms with Crippen molar-refractivity contribution in [3.63, 3.8) is 0 Å². The van der Waals surface area contributed by atoms with Gasteiger partial charge < -0.3 is 0 Å². The highest BCUT2D eigenvalue weighted by atomic mass is 35.5. The Bertz CT molecular complexity index is 279. The summed E-state index contributed by atoms with van der Waals surface area (Å²) in [6, 6.07) is 0. The summed E-state index contributed by atoms with van der Waals surface area (Å²) in [5.74, 6) is 0.527. The van der Waals surface area contributed by atoms with E-state index < -0.39 is 10.0 Å². The zero-order valence-corrected chi connectivity index (χ0v) is 10.8. The van der Waals surface area contributed by atoms with Gasteiger partial charge in [-0.1, -0.05) is 19.8 Å². The van der Waals surface area contributed by atoms with Gasteiger partial charge in [0.25, 0.3) is 0 Å². The smallest absolute Gasteiger partial charge is 0.211 e. The Kier molecular flexibility index (Phi) is 5.36. The lowest BCUT2D eigenvalue weighted by Gasteiger charge is -2.26. The van der Waals surface area contributed by atoms with Gasteiger partial charge in [0.1, 0.15) is 0 Å². The van der Waals surface area contributed by atoms with E-state index in [1.807, 2.05) is 6.92 Å². The molecule has 1 aliphatic carbocycles. The summed E-state index contributed by atoms with van der Waals surface area (Å²) >= 11 is 6.15. The van der Waals surface area contributed by atoms with Crippen molar-refractivity contribution < 1.29 is 8.42 Å². The standard InChI is InChI=1S/C10H20ClNO2S/c1-2-7-15(13,14)12-8-9-5-3-4-6-10(9)11/h9-10,12H,2-8H2,1H3. The molecule has 0 bridgehead atoms. The van der Waals surface area contributed by atoms with E-state index in [0.717, 1.165) is 12.8 Å². The lowest BCUT2D eigenvalue weighted by Crippen LogP contribution is -2.35. The fourth-order valence-electron chi connectivity index (χ4n) is 1.97. The topological polar surface area (TPSA) is 46.2 Å². The minimum absolute atomic E-state index is 0.142. The van der Waals surface area contributed by atoms with Crippen LogP contribution in [0.5, 0.6) is 0 Å². The zero-order chi connectivity index (χ0) is 11.3. The van der Waals surface area contributed by atoms with Crippen molar-refractivity contribution >= 4 is 21.6 Å². The predicted molar refractivity (Wildman–Crippen MR) is 63.7 cm³/mol. The highest BCUT2D eigenvalue weighted by Gasteiger charge is 2.24. The molecule has 0 aromatic carbocycles. The van der Waals surface area contributed by atoms with Crippen LogP contribution >= 0.6 is 11.6 Å². The van der Waals surface area contributed by atoms with Crippen molar-refractivity contribution in [2.24, 2.45) is 5.92 Å². The third-order valence-corrected chi connectivity index (χ3v) is 4.98. The van der Waals surface area contributed by atoms with Crippen molar-refractivity contribution in [1.29, 1.82) is 0 Å². The molecule has 0 aromatic heterocycles. The maximum absolute atomic E-state index is 11.4. The summed E-state index contributed by atoms with van der Waals surface area (Å²) in [7, 11) is -3.06. The molecule has 15 heavy (non-hydrogen) atoms. The fraction of sp³-hybridized carbons (Fsp3) is 1.00. The first-order chi connectivity index (χ1) is 7.05. The van der Waals surface area contributed by atoms with Crippen molar-refractivity contribution in [2.75, 3.05) is 12.3 Å². The van der Waals surface area contributed by atoms with E-state index in [0.29, 0.717) is 18.9 Å². The van der Waals surface area contributed by atoms with Crippen LogP contribution in [0.3, 0.4) is 0 Å². The van der Waals surface area contributed by atoms with Crippen LogP contribution in [0.25, 0.3) is 0 Å². The molecule has 1 fully saturated rings. The Labute approximate surface area is 97.6 Å². The van der Waals surface area contributed by atoms with Crippen LogP contribution in [0.1, 0.15) is 39.0 Å². The van der Waals surface area contributed by atoms with Crippen LogP contribution < -0.4 is 4.72 Å². The molecule has 0 aliphatic heterocycles. The van der Waals surface area contributed by atoms with Gasteiger partial charge in [0, 0.05) is 11.9 Å². The molecule has 3 nitrogen and oxygen atoms in total. The normalized spacial score (nSPS) is 27.9. The van der Waals surface area contributed by atoms with Gasteiger partial charge >= 0.3 is 0 Å². The number of halogens is 1. The van der Waals surface area contributed by atoms with Gasteiger partial charge in [-0.2, -0.15) is 0 Å². The molecule has 5 heteroatoms. The second-order valence-corrected chi connectivity index (χ2v) is 6.71. The van der Waals surface area contributed by atoms with E-state index >= 15 is 0 Å². The molecule has 0 heterocycles. The quantitative estimate of drug-likeness (QED) is 0.763. The van der Waals surface area contributed by atoms with Crippen molar-refractivity contribution in [2.45, 2.75) is 44.4 Å². The molecule has 1 rings (SSSR count). The van der Waals surface area contributed by atoms with E-state index in [4.69, 9.17) is 11.6 Å². The Morgan fingerprint density at radius 2 is 2.00 bits per heavy atom. The van der Waals surface area contributed by atoms with Crippen molar-refractivity contribution in [1.82, 2.24) is 4.72 Å². The first-order valence-corrected chi connectivity index (χ1v) is 7.75. The second-order valence-electron chi connectivity index (χ2n) is 4.23. The molecule has 1 N–H and O–H groups in total. The molecule has 90 valence electrons. The third-order valence-electron chi connectivity index (χ3n) is 2.85. The van der Waals surface area contributed by atoms with Crippen LogP contribution in [-0.2, 0) is 10.0 Å². The lowest BCUT2D eigenvalue weighted by atomic mass is 9.89. The van der Waals surface area contributed by atoms with E-state index in [1.54, 1.807) is 0 Å². The van der Waals surface area contributed by atoms with Gasteiger partial charge in [-0.3, -0.25) is 0 Å². The highest BCUT2D eigenvalue weighted by molar-refractivity contribution is 7.89. The summed E-state index contributed by atoms with van der Waals surface area (Å²) in [5.41, 5.74) is 0. The van der Waals surface area contributed by atoms with Crippen molar-refractivity contribution in [3.05, 3.63) is 0 Å². The Balaban J connectivity index is 2.35. The molecule has 0 aromatic rings. The lowest BCUT2D eigenvalue weighted by molar-refractivity contribution is 0.364. The molecule has 2 unspecified atom stereocenters. The summed E-state index contributed by atoms with van der Waals surface area (Å²) in [6.45, 7) is 2.38. The highest BCUT2D eigenvalue weighted by Crippen LogP contribution is 2.28. The van der Waals surface area contributed by atoms with Gasteiger partial charge in [0.2, 0.25) is 10.0 Å². The number of hydrogen-bond donors (Lipinski definition) is 1. The minimum Gasteiger partial charge on any atom is -0.215 e. The number of rotatable bonds is 5. The first-order valence-electron chi connectivity index (χ1n) is 5.66. The van der Waals surface area contributed by atoms with Gasteiger partial charge in [0.05, 0.1) is 5.75 Å². The maximum atomic E-state index is 11.4. The first kappa shape index (κ1) is 13.3. The predicted octanol–water partition coefficient (Wildman–Crippen LogP) is 2.11. The summed E-state index contributed by atoms with van der Waals surface area (Å²) in [5, 5.41) is 0.142. The Morgan fingerprint density at radius 1 is 1.33 bits per heavy atom. The second kappa shape index (κ2) is 6.06. The van der Waals surface area contributed by atoms with E-state index in [2.05, 4.69) is 4.72 Å². The van der Waals surface area contributed by atoms with Crippen LogP contribution in [0.4, 0.5) is 0 Å². The van der Waals surface area contributed by atoms with Gasteiger partial charge in [-0.25, -0.2) is 13.1 Å². The number of sulfonamides is 1. The molecule has 0 saturated heterocycles. The fourth-order valence-corrected chi connectivity index (χ4v) is 3.49. The Morgan fingerprint density at radius 3 is 2.60 bits per heavy atom. The number of nitrogens with one attached hydrogen (secondary N) is 1. The van der Waals surface area contributed by atoms with Crippen LogP contribution in [0, 0.1) is 5.92 Å². The van der Waals surface area contributed by atoms with E-state index in [-0.39, 0.29) is 11.1 Å². The maximum Gasteiger partial charge on any atom is 0.211 e. The molecule has 0 amide bonds. The van der Waals surface area contributed by atoms with Crippen molar-refractivity contribution in [3.8, 4) is 0 Å². The molecular formula is C10H20ClNO2S. The monoisotopic (exact) mass is 253 g/mol. The third kappa shape index (κ3) is 4.70. The zero-order valence-electron chi connectivity index (χ0n) is 9.21. The molecule has 1 aliphatic rings. The largest absolute Gasteiger partial charge is 0.215 e. The number of alkyl halides is 1.